The minimum absolute atomic E-state index is 0.126. The van der Waals surface area contributed by atoms with Crippen LogP contribution in [0.25, 0.3) is 11.4 Å². The molecular weight excluding hydrogens is 342 g/mol. The van der Waals surface area contributed by atoms with Crippen LogP contribution in [0.3, 0.4) is 0 Å². The van der Waals surface area contributed by atoms with Crippen LogP contribution in [0.4, 0.5) is 5.69 Å². The number of anilines is 1. The van der Waals surface area contributed by atoms with Gasteiger partial charge in [0.15, 0.2) is 5.54 Å². The van der Waals surface area contributed by atoms with E-state index in [9.17, 15) is 14.7 Å². The van der Waals surface area contributed by atoms with E-state index < -0.39 is 11.5 Å². The van der Waals surface area contributed by atoms with E-state index in [0.717, 1.165) is 0 Å². The van der Waals surface area contributed by atoms with Crippen LogP contribution in [0.5, 0.6) is 0 Å². The van der Waals surface area contributed by atoms with Crippen LogP contribution in [0.15, 0.2) is 39.9 Å². The molecule has 3 aromatic rings. The number of carboxylic acids is 1. The molecule has 2 N–H and O–H groups in total. The fraction of sp³-hybridized carbons (Fsp3) is 0.312. The zero-order chi connectivity index (χ0) is 18.7. The number of aromatic nitrogens is 4. The molecule has 0 aliphatic carbocycles. The summed E-state index contributed by atoms with van der Waals surface area (Å²) in [4.78, 5) is 27.5. The molecule has 0 unspecified atom stereocenters. The van der Waals surface area contributed by atoms with Gasteiger partial charge in [0.1, 0.15) is 6.26 Å². The van der Waals surface area contributed by atoms with Crippen molar-refractivity contribution in [3.63, 3.8) is 0 Å². The molecule has 136 valence electrons. The third-order valence-electron chi connectivity index (χ3n) is 3.78. The van der Waals surface area contributed by atoms with Crippen molar-refractivity contribution in [3.05, 3.63) is 36.9 Å². The number of rotatable bonds is 7. The van der Waals surface area contributed by atoms with E-state index in [-0.39, 0.29) is 18.7 Å². The van der Waals surface area contributed by atoms with Crippen LogP contribution >= 0.6 is 0 Å². The standard InChI is InChI=1S/C16H17N5O5/c1-16(2,15(23)24)21-8-11(7-17-21)18-12(22)3-4-13-19-14(20-26-13)10-5-6-25-9-10/h5-9H,3-4H2,1-2H3,(H,18,22)(H,23,24). The summed E-state index contributed by atoms with van der Waals surface area (Å²) in [6.45, 7) is 3.03. The molecule has 0 spiro atoms. The van der Waals surface area contributed by atoms with Crippen molar-refractivity contribution >= 4 is 17.6 Å². The van der Waals surface area contributed by atoms with E-state index in [0.29, 0.717) is 23.0 Å². The zero-order valence-corrected chi connectivity index (χ0v) is 14.2. The number of hydrogen-bond donors (Lipinski definition) is 2. The van der Waals surface area contributed by atoms with Gasteiger partial charge in [0.25, 0.3) is 0 Å². The van der Waals surface area contributed by atoms with Gasteiger partial charge < -0.3 is 19.4 Å². The smallest absolute Gasteiger partial charge is 0.331 e. The largest absolute Gasteiger partial charge is 0.479 e. The summed E-state index contributed by atoms with van der Waals surface area (Å²) >= 11 is 0. The van der Waals surface area contributed by atoms with Crippen molar-refractivity contribution in [1.29, 1.82) is 0 Å². The summed E-state index contributed by atoms with van der Waals surface area (Å²) in [7, 11) is 0. The molecule has 10 nitrogen and oxygen atoms in total. The first-order valence-corrected chi connectivity index (χ1v) is 7.80. The average Bonchev–Trinajstić information content (AvgIpc) is 3.33. The summed E-state index contributed by atoms with van der Waals surface area (Å²) in [5.41, 5.74) is -0.109. The number of amides is 1. The number of carbonyl (C=O) groups is 2. The monoisotopic (exact) mass is 359 g/mol. The molecule has 26 heavy (non-hydrogen) atoms. The molecule has 0 radical (unpaired) electrons. The topological polar surface area (TPSA) is 136 Å². The molecule has 0 bridgehead atoms. The Labute approximate surface area is 147 Å². The summed E-state index contributed by atoms with van der Waals surface area (Å²) in [5.74, 6) is -0.575. The molecular formula is C16H17N5O5. The van der Waals surface area contributed by atoms with Gasteiger partial charge in [-0.1, -0.05) is 5.16 Å². The molecule has 0 saturated carbocycles. The summed E-state index contributed by atoms with van der Waals surface area (Å²) in [6.07, 6.45) is 6.26. The second kappa shape index (κ2) is 6.82. The van der Waals surface area contributed by atoms with E-state index in [2.05, 4.69) is 20.6 Å². The Morgan fingerprint density at radius 1 is 1.38 bits per heavy atom. The summed E-state index contributed by atoms with van der Waals surface area (Å²) in [6, 6.07) is 1.71. The second-order valence-corrected chi connectivity index (χ2v) is 6.11. The molecule has 0 aliphatic rings. The van der Waals surface area contributed by atoms with Gasteiger partial charge in [-0.25, -0.2) is 4.79 Å². The number of carbonyl (C=O) groups excluding carboxylic acids is 1. The van der Waals surface area contributed by atoms with Gasteiger partial charge in [-0.15, -0.1) is 0 Å². The van der Waals surface area contributed by atoms with Crippen LogP contribution in [0.2, 0.25) is 0 Å². The normalized spacial score (nSPS) is 11.5. The number of nitrogens with zero attached hydrogens (tertiary/aromatic N) is 4. The predicted molar refractivity (Wildman–Crippen MR) is 88.1 cm³/mol. The number of furan rings is 1. The first-order valence-electron chi connectivity index (χ1n) is 7.80. The van der Waals surface area contributed by atoms with Crippen LogP contribution in [-0.2, 0) is 21.5 Å². The zero-order valence-electron chi connectivity index (χ0n) is 14.2. The number of nitrogens with one attached hydrogen (secondary N) is 1. The lowest BCUT2D eigenvalue weighted by Crippen LogP contribution is -2.35. The Hall–Kier alpha value is -3.43. The Kier molecular flexibility index (Phi) is 4.57. The molecule has 3 rings (SSSR count). The molecule has 10 heteroatoms. The highest BCUT2D eigenvalue weighted by atomic mass is 16.5. The van der Waals surface area contributed by atoms with Gasteiger partial charge in [0.05, 0.1) is 23.7 Å². The van der Waals surface area contributed by atoms with Crippen molar-refractivity contribution in [1.82, 2.24) is 19.9 Å². The number of carboxylic acid groups (broad SMARTS) is 1. The molecule has 0 fully saturated rings. The fourth-order valence-corrected chi connectivity index (χ4v) is 2.10. The lowest BCUT2D eigenvalue weighted by Gasteiger charge is -2.19. The van der Waals surface area contributed by atoms with Crippen molar-refractivity contribution in [2.24, 2.45) is 0 Å². The lowest BCUT2D eigenvalue weighted by molar-refractivity contribution is -0.146. The molecule has 0 atom stereocenters. The van der Waals surface area contributed by atoms with Gasteiger partial charge in [-0.3, -0.25) is 9.48 Å². The first kappa shape index (κ1) is 17.4. The molecule has 3 aromatic heterocycles. The maximum absolute atomic E-state index is 12.0. The van der Waals surface area contributed by atoms with Crippen LogP contribution in [-0.4, -0.2) is 36.9 Å². The summed E-state index contributed by atoms with van der Waals surface area (Å²) in [5, 5.41) is 19.7. The number of aryl methyl sites for hydroxylation is 1. The Morgan fingerprint density at radius 2 is 2.19 bits per heavy atom. The number of aliphatic carboxylic acids is 1. The van der Waals surface area contributed by atoms with Gasteiger partial charge >= 0.3 is 5.97 Å². The van der Waals surface area contributed by atoms with Crippen LogP contribution in [0, 0.1) is 0 Å². The molecule has 0 saturated heterocycles. The predicted octanol–water partition coefficient (Wildman–Crippen LogP) is 1.92. The molecule has 0 aromatic carbocycles. The summed E-state index contributed by atoms with van der Waals surface area (Å²) < 4.78 is 11.3. The lowest BCUT2D eigenvalue weighted by atomic mass is 10.1. The minimum Gasteiger partial charge on any atom is -0.479 e. The van der Waals surface area contributed by atoms with Gasteiger partial charge in [0.2, 0.25) is 17.6 Å². The third-order valence-corrected chi connectivity index (χ3v) is 3.78. The third kappa shape index (κ3) is 3.63. The van der Waals surface area contributed by atoms with Crippen molar-refractivity contribution in [2.45, 2.75) is 32.2 Å². The highest BCUT2D eigenvalue weighted by Gasteiger charge is 2.30. The van der Waals surface area contributed by atoms with Gasteiger partial charge in [-0.2, -0.15) is 10.1 Å². The molecule has 1 amide bonds. The maximum atomic E-state index is 12.0. The highest BCUT2D eigenvalue weighted by Crippen LogP contribution is 2.18. The van der Waals surface area contributed by atoms with E-state index in [4.69, 9.17) is 8.94 Å². The van der Waals surface area contributed by atoms with E-state index in [1.807, 2.05) is 0 Å². The Balaban J connectivity index is 1.55. The van der Waals surface area contributed by atoms with Crippen LogP contribution < -0.4 is 5.32 Å². The highest BCUT2D eigenvalue weighted by molar-refractivity contribution is 5.90. The van der Waals surface area contributed by atoms with Crippen molar-refractivity contribution < 1.29 is 23.6 Å². The van der Waals surface area contributed by atoms with Crippen molar-refractivity contribution in [2.75, 3.05) is 5.32 Å². The maximum Gasteiger partial charge on any atom is 0.331 e. The quantitative estimate of drug-likeness (QED) is 0.653. The first-order chi connectivity index (χ1) is 12.4. The molecule has 3 heterocycles. The van der Waals surface area contributed by atoms with E-state index in [1.165, 1.54) is 43.4 Å². The Bertz CT molecular complexity index is 909. The number of hydrogen-bond acceptors (Lipinski definition) is 7. The fourth-order valence-electron chi connectivity index (χ4n) is 2.10. The SMILES string of the molecule is CC(C)(C(=O)O)n1cc(NC(=O)CCc2nc(-c3ccoc3)no2)cn1. The second-order valence-electron chi connectivity index (χ2n) is 6.11. The van der Waals surface area contributed by atoms with E-state index >= 15 is 0 Å². The van der Waals surface area contributed by atoms with E-state index in [1.54, 1.807) is 6.07 Å². The Morgan fingerprint density at radius 3 is 2.88 bits per heavy atom. The van der Waals surface area contributed by atoms with Gasteiger partial charge in [0, 0.05) is 19.0 Å². The molecule has 0 aliphatic heterocycles. The van der Waals surface area contributed by atoms with Gasteiger partial charge in [-0.05, 0) is 19.9 Å². The van der Waals surface area contributed by atoms with Crippen molar-refractivity contribution in [3.8, 4) is 11.4 Å². The average molecular weight is 359 g/mol. The minimum atomic E-state index is -1.21. The van der Waals surface area contributed by atoms with Crippen LogP contribution in [0.1, 0.15) is 26.2 Å².